The zero-order valence-corrected chi connectivity index (χ0v) is 9.03. The molecule has 0 radical (unpaired) electrons. The van der Waals surface area contributed by atoms with Crippen molar-refractivity contribution in [2.75, 3.05) is 0 Å². The molecule has 1 nitrogen and oxygen atoms in total. The summed E-state index contributed by atoms with van der Waals surface area (Å²) in [5.74, 6) is 0. The van der Waals surface area contributed by atoms with Gasteiger partial charge < -0.3 is 0 Å². The second-order valence-corrected chi connectivity index (χ2v) is 4.40. The molecule has 0 aliphatic heterocycles. The van der Waals surface area contributed by atoms with Crippen LogP contribution in [0.2, 0.25) is 0 Å². The van der Waals surface area contributed by atoms with Crippen molar-refractivity contribution in [3.8, 4) is 6.07 Å². The van der Waals surface area contributed by atoms with Crippen molar-refractivity contribution in [1.82, 2.24) is 0 Å². The number of hydrogen-bond acceptors (Lipinski definition) is 1. The van der Waals surface area contributed by atoms with Gasteiger partial charge in [0.05, 0.1) is 11.6 Å². The molecular formula is C14H15N. The molecule has 0 saturated carbocycles. The highest BCUT2D eigenvalue weighted by Gasteiger charge is 2.24. The summed E-state index contributed by atoms with van der Waals surface area (Å²) >= 11 is 0. The average molecular weight is 197 g/mol. The van der Waals surface area contributed by atoms with Crippen molar-refractivity contribution in [3.05, 3.63) is 47.5 Å². The molecule has 0 fully saturated rings. The van der Waals surface area contributed by atoms with Gasteiger partial charge in [0.25, 0.3) is 0 Å². The van der Waals surface area contributed by atoms with E-state index < -0.39 is 0 Å². The Bertz CT molecular complexity index is 425. The second-order valence-electron chi connectivity index (χ2n) is 4.40. The van der Waals surface area contributed by atoms with E-state index in [1.54, 1.807) is 0 Å². The molecule has 15 heavy (non-hydrogen) atoms. The Morgan fingerprint density at radius 1 is 1.40 bits per heavy atom. The standard InChI is InChI=1S/C14H15N/c1-14(8-3-2-4-9-14)13-7-5-6-12(10-13)11-15/h3,5-8,10H,2,4,9H2,1H3/t14-/m0/s1. The number of nitriles is 1. The SMILES string of the molecule is C[C@]1(c2cccc(C#N)c2)C=CCCC1. The normalized spacial score (nSPS) is 24.8. The van der Waals surface area contributed by atoms with E-state index >= 15 is 0 Å². The number of benzene rings is 1. The average Bonchev–Trinajstić information content (AvgIpc) is 2.30. The van der Waals surface area contributed by atoms with Gasteiger partial charge in [0, 0.05) is 5.41 Å². The minimum absolute atomic E-state index is 0.130. The summed E-state index contributed by atoms with van der Waals surface area (Å²) in [5.41, 5.74) is 2.15. The first-order valence-corrected chi connectivity index (χ1v) is 5.43. The van der Waals surface area contributed by atoms with Crippen LogP contribution in [0.1, 0.15) is 37.3 Å². The first kappa shape index (κ1) is 9.98. The molecule has 0 aromatic heterocycles. The maximum Gasteiger partial charge on any atom is 0.0991 e. The Hall–Kier alpha value is -1.55. The van der Waals surface area contributed by atoms with Crippen molar-refractivity contribution >= 4 is 0 Å². The molecule has 0 N–H and O–H groups in total. The van der Waals surface area contributed by atoms with E-state index in [1.165, 1.54) is 24.8 Å². The van der Waals surface area contributed by atoms with E-state index in [4.69, 9.17) is 5.26 Å². The molecule has 1 heteroatoms. The van der Waals surface area contributed by atoms with Crippen molar-refractivity contribution < 1.29 is 0 Å². The summed E-state index contributed by atoms with van der Waals surface area (Å²) in [6.07, 6.45) is 8.14. The molecule has 0 saturated heterocycles. The molecule has 0 unspecified atom stereocenters. The largest absolute Gasteiger partial charge is 0.192 e. The summed E-state index contributed by atoms with van der Waals surface area (Å²) in [5, 5.41) is 8.88. The van der Waals surface area contributed by atoms with E-state index in [0.29, 0.717) is 0 Å². The monoisotopic (exact) mass is 197 g/mol. The van der Waals surface area contributed by atoms with Crippen LogP contribution in [0.5, 0.6) is 0 Å². The summed E-state index contributed by atoms with van der Waals surface area (Å²) in [4.78, 5) is 0. The lowest BCUT2D eigenvalue weighted by molar-refractivity contribution is 0.496. The lowest BCUT2D eigenvalue weighted by atomic mass is 9.75. The van der Waals surface area contributed by atoms with Gasteiger partial charge in [0.15, 0.2) is 0 Å². The van der Waals surface area contributed by atoms with Gasteiger partial charge in [-0.3, -0.25) is 0 Å². The smallest absolute Gasteiger partial charge is 0.0991 e. The minimum Gasteiger partial charge on any atom is -0.192 e. The molecule has 0 spiro atoms. The highest BCUT2D eigenvalue weighted by molar-refractivity contribution is 5.39. The fraction of sp³-hybridized carbons (Fsp3) is 0.357. The number of nitrogens with zero attached hydrogens (tertiary/aromatic N) is 1. The molecule has 0 bridgehead atoms. The molecule has 0 heterocycles. The van der Waals surface area contributed by atoms with Gasteiger partial charge in [-0.2, -0.15) is 5.26 Å². The van der Waals surface area contributed by atoms with E-state index in [9.17, 15) is 0 Å². The molecule has 1 atom stereocenters. The topological polar surface area (TPSA) is 23.8 Å². The molecular weight excluding hydrogens is 182 g/mol. The molecule has 1 aliphatic rings. The third-order valence-electron chi connectivity index (χ3n) is 3.20. The third-order valence-corrected chi connectivity index (χ3v) is 3.20. The summed E-state index contributed by atoms with van der Waals surface area (Å²) in [6, 6.07) is 10.2. The summed E-state index contributed by atoms with van der Waals surface area (Å²) in [6.45, 7) is 2.25. The van der Waals surface area contributed by atoms with Gasteiger partial charge >= 0.3 is 0 Å². The number of hydrogen-bond donors (Lipinski definition) is 0. The summed E-state index contributed by atoms with van der Waals surface area (Å²) < 4.78 is 0. The van der Waals surface area contributed by atoms with Gasteiger partial charge in [-0.1, -0.05) is 31.2 Å². The molecule has 2 rings (SSSR count). The van der Waals surface area contributed by atoms with Crippen LogP contribution in [0.4, 0.5) is 0 Å². The Balaban J connectivity index is 2.40. The highest BCUT2D eigenvalue weighted by Crippen LogP contribution is 2.34. The lowest BCUT2D eigenvalue weighted by Crippen LogP contribution is -2.21. The zero-order valence-electron chi connectivity index (χ0n) is 9.03. The second kappa shape index (κ2) is 3.90. The maximum absolute atomic E-state index is 8.88. The van der Waals surface area contributed by atoms with Gasteiger partial charge in [-0.05, 0) is 37.0 Å². The molecule has 1 aliphatic carbocycles. The molecule has 1 aromatic rings. The first-order valence-electron chi connectivity index (χ1n) is 5.43. The Morgan fingerprint density at radius 3 is 2.93 bits per heavy atom. The van der Waals surface area contributed by atoms with Gasteiger partial charge in [0.1, 0.15) is 0 Å². The van der Waals surface area contributed by atoms with Crippen molar-refractivity contribution in [2.24, 2.45) is 0 Å². The number of rotatable bonds is 1. The quantitative estimate of drug-likeness (QED) is 0.631. The van der Waals surface area contributed by atoms with E-state index in [-0.39, 0.29) is 5.41 Å². The van der Waals surface area contributed by atoms with Gasteiger partial charge in [-0.15, -0.1) is 0 Å². The molecule has 1 aromatic carbocycles. The number of allylic oxidation sites excluding steroid dienone is 2. The van der Waals surface area contributed by atoms with E-state index in [0.717, 1.165) is 5.56 Å². The minimum atomic E-state index is 0.130. The van der Waals surface area contributed by atoms with Crippen LogP contribution >= 0.6 is 0 Å². The fourth-order valence-corrected chi connectivity index (χ4v) is 2.20. The van der Waals surface area contributed by atoms with Crippen LogP contribution in [-0.4, -0.2) is 0 Å². The first-order chi connectivity index (χ1) is 7.24. The highest BCUT2D eigenvalue weighted by atomic mass is 14.3. The van der Waals surface area contributed by atoms with Crippen LogP contribution < -0.4 is 0 Å². The van der Waals surface area contributed by atoms with Crippen LogP contribution in [0, 0.1) is 11.3 Å². The Kier molecular flexibility index (Phi) is 2.60. The van der Waals surface area contributed by atoms with Gasteiger partial charge in [0.2, 0.25) is 0 Å². The van der Waals surface area contributed by atoms with Crippen LogP contribution in [0.3, 0.4) is 0 Å². The van der Waals surface area contributed by atoms with Crippen molar-refractivity contribution in [2.45, 2.75) is 31.6 Å². The van der Waals surface area contributed by atoms with Crippen LogP contribution in [0.25, 0.3) is 0 Å². The Morgan fingerprint density at radius 2 is 2.27 bits per heavy atom. The predicted molar refractivity (Wildman–Crippen MR) is 61.5 cm³/mol. The third kappa shape index (κ3) is 1.94. The predicted octanol–water partition coefficient (Wildman–Crippen LogP) is 3.56. The maximum atomic E-state index is 8.88. The van der Waals surface area contributed by atoms with Gasteiger partial charge in [-0.25, -0.2) is 0 Å². The molecule has 76 valence electrons. The van der Waals surface area contributed by atoms with Crippen LogP contribution in [0.15, 0.2) is 36.4 Å². The zero-order chi connectivity index (χ0) is 10.7. The Labute approximate surface area is 91.0 Å². The fourth-order valence-electron chi connectivity index (χ4n) is 2.20. The van der Waals surface area contributed by atoms with E-state index in [1.807, 2.05) is 18.2 Å². The van der Waals surface area contributed by atoms with E-state index in [2.05, 4.69) is 31.2 Å². The molecule has 0 amide bonds. The van der Waals surface area contributed by atoms with Crippen molar-refractivity contribution in [1.29, 1.82) is 5.26 Å². The lowest BCUT2D eigenvalue weighted by Gasteiger charge is -2.29. The van der Waals surface area contributed by atoms with Crippen molar-refractivity contribution in [3.63, 3.8) is 0 Å². The summed E-state index contributed by atoms with van der Waals surface area (Å²) in [7, 11) is 0. The van der Waals surface area contributed by atoms with Crippen LogP contribution in [-0.2, 0) is 5.41 Å².